The Morgan fingerprint density at radius 1 is 0.963 bits per heavy atom. The molecule has 2 aromatic rings. The molecule has 0 aliphatic carbocycles. The van der Waals surface area contributed by atoms with Gasteiger partial charge < -0.3 is 5.32 Å². The van der Waals surface area contributed by atoms with E-state index in [1.54, 1.807) is 36.4 Å². The van der Waals surface area contributed by atoms with E-state index in [1.807, 2.05) is 19.1 Å². The van der Waals surface area contributed by atoms with Crippen molar-refractivity contribution in [3.63, 3.8) is 0 Å². The van der Waals surface area contributed by atoms with Gasteiger partial charge in [0.1, 0.15) is 0 Å². The molecular weight excluding hydrogens is 366 g/mol. The third-order valence-corrected chi connectivity index (χ3v) is 4.23. The number of carbonyl (C=O) groups excluding carboxylic acids is 3. The van der Waals surface area contributed by atoms with Crippen LogP contribution in [0.5, 0.6) is 0 Å². The number of benzene rings is 2. The van der Waals surface area contributed by atoms with E-state index >= 15 is 0 Å². The summed E-state index contributed by atoms with van der Waals surface area (Å²) in [7, 11) is 0. The molecule has 0 saturated carbocycles. The van der Waals surface area contributed by atoms with E-state index < -0.39 is 17.9 Å². The molecule has 6 nitrogen and oxygen atoms in total. The summed E-state index contributed by atoms with van der Waals surface area (Å²) < 4.78 is 0. The molecule has 3 N–H and O–H groups in total. The maximum Gasteiger partial charge on any atom is 0.269 e. The Balaban J connectivity index is 1.95. The fraction of sp³-hybridized carbons (Fsp3) is 0.250. The smallest absolute Gasteiger partial charge is 0.269 e. The van der Waals surface area contributed by atoms with Gasteiger partial charge in [-0.3, -0.25) is 25.2 Å². The van der Waals surface area contributed by atoms with Crippen molar-refractivity contribution in [2.45, 2.75) is 32.7 Å². The van der Waals surface area contributed by atoms with Crippen LogP contribution in [0, 0.1) is 0 Å². The third kappa shape index (κ3) is 6.42. The number of rotatable bonds is 6. The van der Waals surface area contributed by atoms with Crippen LogP contribution in [0.4, 0.5) is 0 Å². The molecule has 1 atom stereocenters. The van der Waals surface area contributed by atoms with Crippen molar-refractivity contribution in [2.24, 2.45) is 0 Å². The number of amides is 3. The lowest BCUT2D eigenvalue weighted by Crippen LogP contribution is -2.43. The summed E-state index contributed by atoms with van der Waals surface area (Å²) in [6.45, 7) is 3.41. The largest absolute Gasteiger partial charge is 0.349 e. The van der Waals surface area contributed by atoms with Crippen molar-refractivity contribution >= 4 is 29.3 Å². The number of hydrazine groups is 1. The molecule has 0 aromatic heterocycles. The summed E-state index contributed by atoms with van der Waals surface area (Å²) in [4.78, 5) is 35.8. The molecule has 27 heavy (non-hydrogen) atoms. The van der Waals surface area contributed by atoms with Crippen LogP contribution >= 0.6 is 11.6 Å². The van der Waals surface area contributed by atoms with Crippen LogP contribution in [0.3, 0.4) is 0 Å². The van der Waals surface area contributed by atoms with Crippen LogP contribution in [0.1, 0.15) is 47.8 Å². The molecule has 7 heteroatoms. The van der Waals surface area contributed by atoms with Gasteiger partial charge in [0.15, 0.2) is 0 Å². The maximum absolute atomic E-state index is 12.2. The van der Waals surface area contributed by atoms with E-state index in [0.29, 0.717) is 10.6 Å². The molecule has 1 unspecified atom stereocenters. The molecule has 2 rings (SSSR count). The highest BCUT2D eigenvalue weighted by molar-refractivity contribution is 6.30. The molecule has 0 radical (unpaired) electrons. The van der Waals surface area contributed by atoms with Gasteiger partial charge in [0.25, 0.3) is 5.91 Å². The Morgan fingerprint density at radius 3 is 2.15 bits per heavy atom. The van der Waals surface area contributed by atoms with E-state index in [4.69, 9.17) is 11.6 Å². The summed E-state index contributed by atoms with van der Waals surface area (Å²) in [5.41, 5.74) is 7.07. The SMILES string of the molecule is CCc1ccc(C(=O)NNC(=O)CC(NC(C)=O)c2ccc(Cl)cc2)cc1. The summed E-state index contributed by atoms with van der Waals surface area (Å²) in [6, 6.07) is 13.5. The lowest BCUT2D eigenvalue weighted by atomic mass is 10.0. The lowest BCUT2D eigenvalue weighted by Gasteiger charge is -2.18. The zero-order valence-corrected chi connectivity index (χ0v) is 16.0. The highest BCUT2D eigenvalue weighted by atomic mass is 35.5. The van der Waals surface area contributed by atoms with Crippen LogP contribution in [0.2, 0.25) is 5.02 Å². The third-order valence-electron chi connectivity index (χ3n) is 3.98. The molecule has 142 valence electrons. The number of halogens is 1. The molecule has 0 heterocycles. The van der Waals surface area contributed by atoms with Crippen molar-refractivity contribution in [1.82, 2.24) is 16.2 Å². The first-order valence-corrected chi connectivity index (χ1v) is 8.97. The molecule has 0 aliphatic heterocycles. The number of hydrogen-bond acceptors (Lipinski definition) is 3. The first kappa shape index (κ1) is 20.5. The average Bonchev–Trinajstić information content (AvgIpc) is 2.66. The van der Waals surface area contributed by atoms with Crippen LogP contribution in [-0.2, 0) is 16.0 Å². The molecule has 0 fully saturated rings. The van der Waals surface area contributed by atoms with Crippen LogP contribution in [-0.4, -0.2) is 17.7 Å². The van der Waals surface area contributed by atoms with Gasteiger partial charge in [-0.15, -0.1) is 0 Å². The molecule has 2 aromatic carbocycles. The van der Waals surface area contributed by atoms with Gasteiger partial charge in [-0.25, -0.2) is 0 Å². The minimum absolute atomic E-state index is 0.0315. The van der Waals surface area contributed by atoms with Gasteiger partial charge in [0, 0.05) is 17.5 Å². The minimum atomic E-state index is -0.527. The highest BCUT2D eigenvalue weighted by Gasteiger charge is 2.17. The second-order valence-corrected chi connectivity index (χ2v) is 6.50. The number of nitrogens with one attached hydrogen (secondary N) is 3. The maximum atomic E-state index is 12.2. The van der Waals surface area contributed by atoms with Crippen LogP contribution in [0.15, 0.2) is 48.5 Å². The molecule has 0 spiro atoms. The van der Waals surface area contributed by atoms with E-state index in [9.17, 15) is 14.4 Å². The Bertz CT molecular complexity index is 804. The molecule has 0 saturated heterocycles. The lowest BCUT2D eigenvalue weighted by molar-refractivity contribution is -0.123. The predicted octanol–water partition coefficient (Wildman–Crippen LogP) is 2.93. The standard InChI is InChI=1S/C20H22ClN3O3/c1-3-14-4-6-16(7-5-14)20(27)24-23-19(26)12-18(22-13(2)25)15-8-10-17(21)11-9-15/h4-11,18H,3,12H2,1-2H3,(H,22,25)(H,23,26)(H,24,27). The summed E-state index contributed by atoms with van der Waals surface area (Å²) in [5, 5.41) is 3.28. The first-order chi connectivity index (χ1) is 12.9. The van der Waals surface area contributed by atoms with E-state index in [0.717, 1.165) is 17.5 Å². The topological polar surface area (TPSA) is 87.3 Å². The fourth-order valence-electron chi connectivity index (χ4n) is 2.52. The van der Waals surface area contributed by atoms with Crippen molar-refractivity contribution in [3.8, 4) is 0 Å². The molecule has 0 aliphatic rings. The zero-order valence-electron chi connectivity index (χ0n) is 15.2. The average molecular weight is 388 g/mol. The highest BCUT2D eigenvalue weighted by Crippen LogP contribution is 2.19. The van der Waals surface area contributed by atoms with E-state index in [-0.39, 0.29) is 12.3 Å². The van der Waals surface area contributed by atoms with Crippen LogP contribution in [0.25, 0.3) is 0 Å². The van der Waals surface area contributed by atoms with Gasteiger partial charge in [0.05, 0.1) is 12.5 Å². The van der Waals surface area contributed by atoms with Crippen molar-refractivity contribution < 1.29 is 14.4 Å². The van der Waals surface area contributed by atoms with Gasteiger partial charge in [-0.2, -0.15) is 0 Å². The van der Waals surface area contributed by atoms with Gasteiger partial charge in [-0.1, -0.05) is 42.8 Å². The van der Waals surface area contributed by atoms with Gasteiger partial charge >= 0.3 is 0 Å². The predicted molar refractivity (Wildman–Crippen MR) is 104 cm³/mol. The Hall–Kier alpha value is -2.86. The van der Waals surface area contributed by atoms with Crippen molar-refractivity contribution in [1.29, 1.82) is 0 Å². The van der Waals surface area contributed by atoms with E-state index in [1.165, 1.54) is 6.92 Å². The monoisotopic (exact) mass is 387 g/mol. The number of aryl methyl sites for hydroxylation is 1. The summed E-state index contributed by atoms with van der Waals surface area (Å²) in [6.07, 6.45) is 0.851. The molecular formula is C20H22ClN3O3. The zero-order chi connectivity index (χ0) is 19.8. The van der Waals surface area contributed by atoms with Crippen molar-refractivity contribution in [2.75, 3.05) is 0 Å². The van der Waals surface area contributed by atoms with Gasteiger partial charge in [0.2, 0.25) is 11.8 Å². The summed E-state index contributed by atoms with van der Waals surface area (Å²) in [5.74, 6) is -1.10. The quantitative estimate of drug-likeness (QED) is 0.666. The second-order valence-electron chi connectivity index (χ2n) is 6.06. The summed E-state index contributed by atoms with van der Waals surface area (Å²) >= 11 is 5.88. The van der Waals surface area contributed by atoms with Gasteiger partial charge in [-0.05, 0) is 41.8 Å². The minimum Gasteiger partial charge on any atom is -0.349 e. The fourth-order valence-corrected chi connectivity index (χ4v) is 2.65. The number of hydrogen-bond donors (Lipinski definition) is 3. The van der Waals surface area contributed by atoms with E-state index in [2.05, 4.69) is 16.2 Å². The molecule has 3 amide bonds. The molecule has 0 bridgehead atoms. The Labute approximate surface area is 163 Å². The normalized spacial score (nSPS) is 11.4. The second kappa shape index (κ2) is 9.73. The Morgan fingerprint density at radius 2 is 1.59 bits per heavy atom. The van der Waals surface area contributed by atoms with Crippen molar-refractivity contribution in [3.05, 3.63) is 70.2 Å². The first-order valence-electron chi connectivity index (χ1n) is 8.59. The Kier molecular flexibility index (Phi) is 7.37. The van der Waals surface area contributed by atoms with Crippen LogP contribution < -0.4 is 16.2 Å². The number of carbonyl (C=O) groups is 3.